The van der Waals surface area contributed by atoms with Gasteiger partial charge in [-0.2, -0.15) is 0 Å². The lowest BCUT2D eigenvalue weighted by Gasteiger charge is -2.14. The molecule has 0 spiro atoms. The van der Waals surface area contributed by atoms with Crippen LogP contribution in [0.4, 0.5) is 5.69 Å². The summed E-state index contributed by atoms with van der Waals surface area (Å²) >= 11 is 0. The summed E-state index contributed by atoms with van der Waals surface area (Å²) in [5.41, 5.74) is 1.76. The van der Waals surface area contributed by atoms with Crippen LogP contribution in [0.3, 0.4) is 0 Å². The van der Waals surface area contributed by atoms with Gasteiger partial charge in [0.1, 0.15) is 11.8 Å². The van der Waals surface area contributed by atoms with Gasteiger partial charge in [-0.3, -0.25) is 9.59 Å². The topological polar surface area (TPSA) is 67.4 Å². The molecule has 102 valence electrons. The van der Waals surface area contributed by atoms with Gasteiger partial charge in [0.05, 0.1) is 12.8 Å². The monoisotopic (exact) mass is 262 g/mol. The molecule has 0 radical (unpaired) electrons. The second-order valence-corrected chi connectivity index (χ2v) is 4.54. The molecule has 1 aromatic rings. The summed E-state index contributed by atoms with van der Waals surface area (Å²) in [5, 5.41) is 5.47. The molecule has 5 nitrogen and oxygen atoms in total. The molecular formula is C14H18N2O3. The highest BCUT2D eigenvalue weighted by Gasteiger charge is 2.27. The zero-order valence-corrected chi connectivity index (χ0v) is 11.2. The average molecular weight is 262 g/mol. The number of rotatable bonds is 4. The van der Waals surface area contributed by atoms with Crippen molar-refractivity contribution < 1.29 is 14.3 Å². The van der Waals surface area contributed by atoms with Crippen LogP contribution in [-0.2, 0) is 16.0 Å². The number of amides is 2. The summed E-state index contributed by atoms with van der Waals surface area (Å²) in [6.45, 7) is 2.05. The fraction of sp³-hybridized carbons (Fsp3) is 0.429. The standard InChI is InChI=1S/C14H18N2O3/c1-3-9-4-6-12(19-2)11(8-9)16-14(18)10-5-7-13(17)15-10/h4,6,8,10H,3,5,7H2,1-2H3,(H,15,17)(H,16,18). The number of carbonyl (C=O) groups is 2. The van der Waals surface area contributed by atoms with Gasteiger partial charge in [-0.25, -0.2) is 0 Å². The van der Waals surface area contributed by atoms with E-state index in [-0.39, 0.29) is 11.8 Å². The van der Waals surface area contributed by atoms with Crippen LogP contribution in [0.1, 0.15) is 25.3 Å². The lowest BCUT2D eigenvalue weighted by Crippen LogP contribution is -2.37. The van der Waals surface area contributed by atoms with Gasteiger partial charge in [-0.15, -0.1) is 0 Å². The van der Waals surface area contributed by atoms with Crippen LogP contribution in [0.2, 0.25) is 0 Å². The molecule has 0 bridgehead atoms. The molecule has 1 aromatic carbocycles. The first kappa shape index (κ1) is 13.4. The average Bonchev–Trinajstić information content (AvgIpc) is 2.85. The first-order valence-electron chi connectivity index (χ1n) is 6.41. The van der Waals surface area contributed by atoms with E-state index in [1.165, 1.54) is 0 Å². The Labute approximate surface area is 112 Å². The molecule has 2 N–H and O–H groups in total. The zero-order chi connectivity index (χ0) is 13.8. The lowest BCUT2D eigenvalue weighted by atomic mass is 10.1. The van der Waals surface area contributed by atoms with Crippen LogP contribution in [0.5, 0.6) is 5.75 Å². The first-order valence-corrected chi connectivity index (χ1v) is 6.41. The molecule has 1 heterocycles. The highest BCUT2D eigenvalue weighted by atomic mass is 16.5. The van der Waals surface area contributed by atoms with Gasteiger partial charge in [0.25, 0.3) is 0 Å². The Hall–Kier alpha value is -2.04. The largest absolute Gasteiger partial charge is 0.495 e. The highest BCUT2D eigenvalue weighted by molar-refractivity contribution is 5.99. The van der Waals surface area contributed by atoms with E-state index >= 15 is 0 Å². The smallest absolute Gasteiger partial charge is 0.247 e. The van der Waals surface area contributed by atoms with Crippen LogP contribution >= 0.6 is 0 Å². The summed E-state index contributed by atoms with van der Waals surface area (Å²) in [5.74, 6) is 0.349. The number of carbonyl (C=O) groups excluding carboxylic acids is 2. The minimum absolute atomic E-state index is 0.0746. The lowest BCUT2D eigenvalue weighted by molar-refractivity contribution is -0.122. The second kappa shape index (κ2) is 5.73. The van der Waals surface area contributed by atoms with Gasteiger partial charge in [-0.1, -0.05) is 13.0 Å². The fourth-order valence-corrected chi connectivity index (χ4v) is 2.10. The van der Waals surface area contributed by atoms with Crippen LogP contribution in [-0.4, -0.2) is 25.0 Å². The Balaban J connectivity index is 2.13. The number of aryl methyl sites for hydroxylation is 1. The molecule has 2 rings (SSSR count). The molecule has 2 amide bonds. The van der Waals surface area contributed by atoms with E-state index in [0.717, 1.165) is 12.0 Å². The molecule has 5 heteroatoms. The van der Waals surface area contributed by atoms with Crippen LogP contribution in [0, 0.1) is 0 Å². The molecule has 1 aliphatic rings. The predicted molar refractivity (Wildman–Crippen MR) is 72.2 cm³/mol. The normalized spacial score (nSPS) is 18.0. The fourth-order valence-electron chi connectivity index (χ4n) is 2.10. The van der Waals surface area contributed by atoms with Crippen molar-refractivity contribution in [2.75, 3.05) is 12.4 Å². The van der Waals surface area contributed by atoms with Crippen molar-refractivity contribution in [3.8, 4) is 5.75 Å². The molecule has 0 saturated carbocycles. The van der Waals surface area contributed by atoms with Crippen LogP contribution in [0.15, 0.2) is 18.2 Å². The van der Waals surface area contributed by atoms with Crippen molar-refractivity contribution in [1.29, 1.82) is 0 Å². The second-order valence-electron chi connectivity index (χ2n) is 4.54. The van der Waals surface area contributed by atoms with Crippen molar-refractivity contribution in [3.63, 3.8) is 0 Å². The third kappa shape index (κ3) is 3.05. The van der Waals surface area contributed by atoms with Crippen molar-refractivity contribution in [1.82, 2.24) is 5.32 Å². The molecular weight excluding hydrogens is 244 g/mol. The predicted octanol–water partition coefficient (Wildman–Crippen LogP) is 1.47. The first-order chi connectivity index (χ1) is 9.13. The van der Waals surface area contributed by atoms with Gasteiger partial charge in [-0.05, 0) is 30.5 Å². The van der Waals surface area contributed by atoms with E-state index in [2.05, 4.69) is 10.6 Å². The molecule has 19 heavy (non-hydrogen) atoms. The molecule has 0 aromatic heterocycles. The maximum absolute atomic E-state index is 12.0. The van der Waals surface area contributed by atoms with Gasteiger partial charge in [0.2, 0.25) is 11.8 Å². The number of anilines is 1. The third-order valence-corrected chi connectivity index (χ3v) is 3.24. The van der Waals surface area contributed by atoms with E-state index in [1.54, 1.807) is 7.11 Å². The minimum atomic E-state index is -0.442. The quantitative estimate of drug-likeness (QED) is 0.863. The summed E-state index contributed by atoms with van der Waals surface area (Å²) in [4.78, 5) is 23.2. The molecule has 1 atom stereocenters. The Bertz CT molecular complexity index is 499. The van der Waals surface area contributed by atoms with Crippen molar-refractivity contribution in [2.24, 2.45) is 0 Å². The Morgan fingerprint density at radius 2 is 2.32 bits per heavy atom. The SMILES string of the molecule is CCc1ccc(OC)c(NC(=O)C2CCC(=O)N2)c1. The highest BCUT2D eigenvalue weighted by Crippen LogP contribution is 2.26. The third-order valence-electron chi connectivity index (χ3n) is 3.24. The van der Waals surface area contributed by atoms with E-state index in [4.69, 9.17) is 4.74 Å². The van der Waals surface area contributed by atoms with Crippen LogP contribution < -0.4 is 15.4 Å². The Kier molecular flexibility index (Phi) is 4.04. The van der Waals surface area contributed by atoms with Crippen molar-refractivity contribution in [2.45, 2.75) is 32.2 Å². The van der Waals surface area contributed by atoms with Gasteiger partial charge in [0.15, 0.2) is 0 Å². The summed E-state index contributed by atoms with van der Waals surface area (Å²) < 4.78 is 5.23. The summed E-state index contributed by atoms with van der Waals surface area (Å²) in [6.07, 6.45) is 1.83. The van der Waals surface area contributed by atoms with Gasteiger partial charge in [0, 0.05) is 6.42 Å². The van der Waals surface area contributed by atoms with E-state index in [0.29, 0.717) is 24.3 Å². The summed E-state index contributed by atoms with van der Waals surface area (Å²) in [7, 11) is 1.56. The minimum Gasteiger partial charge on any atom is -0.495 e. The van der Waals surface area contributed by atoms with E-state index in [9.17, 15) is 9.59 Å². The van der Waals surface area contributed by atoms with Gasteiger partial charge >= 0.3 is 0 Å². The maximum Gasteiger partial charge on any atom is 0.247 e. The van der Waals surface area contributed by atoms with E-state index in [1.807, 2.05) is 25.1 Å². The number of hydrogen-bond acceptors (Lipinski definition) is 3. The van der Waals surface area contributed by atoms with Crippen molar-refractivity contribution >= 4 is 17.5 Å². The Morgan fingerprint density at radius 1 is 1.53 bits per heavy atom. The number of ether oxygens (including phenoxy) is 1. The molecule has 1 unspecified atom stereocenters. The number of hydrogen-bond donors (Lipinski definition) is 2. The van der Waals surface area contributed by atoms with Gasteiger partial charge < -0.3 is 15.4 Å². The molecule has 1 aliphatic heterocycles. The molecule has 1 saturated heterocycles. The Morgan fingerprint density at radius 3 is 2.89 bits per heavy atom. The maximum atomic E-state index is 12.0. The number of nitrogens with one attached hydrogen (secondary N) is 2. The number of methoxy groups -OCH3 is 1. The van der Waals surface area contributed by atoms with Crippen LogP contribution in [0.25, 0.3) is 0 Å². The van der Waals surface area contributed by atoms with E-state index < -0.39 is 6.04 Å². The summed E-state index contributed by atoms with van der Waals surface area (Å²) in [6, 6.07) is 5.25. The molecule has 1 fully saturated rings. The zero-order valence-electron chi connectivity index (χ0n) is 11.2. The molecule has 0 aliphatic carbocycles. The number of benzene rings is 1. The van der Waals surface area contributed by atoms with Crippen molar-refractivity contribution in [3.05, 3.63) is 23.8 Å².